The number of piperidine rings is 1. The first-order chi connectivity index (χ1) is 11.2. The minimum Gasteiger partial charge on any atom is -0.493 e. The molecule has 0 bridgehead atoms. The topological polar surface area (TPSA) is 55.1 Å². The van der Waals surface area contributed by atoms with Crippen LogP contribution in [0.1, 0.15) is 12.0 Å². The van der Waals surface area contributed by atoms with E-state index >= 15 is 0 Å². The summed E-state index contributed by atoms with van der Waals surface area (Å²) in [6.45, 7) is 2.05. The summed E-state index contributed by atoms with van der Waals surface area (Å²) in [5, 5.41) is 10.3. The Kier molecular flexibility index (Phi) is 4.83. The molecule has 2 heterocycles. The van der Waals surface area contributed by atoms with Gasteiger partial charge in [0.05, 0.1) is 19.6 Å². The van der Waals surface area contributed by atoms with E-state index in [0.29, 0.717) is 24.5 Å². The van der Waals surface area contributed by atoms with Gasteiger partial charge in [-0.3, -0.25) is 4.90 Å². The largest absolute Gasteiger partial charge is 0.493 e. The van der Waals surface area contributed by atoms with Crippen LogP contribution in [0.4, 0.5) is 4.39 Å². The summed E-state index contributed by atoms with van der Waals surface area (Å²) in [7, 11) is 1.46. The molecule has 2 aromatic rings. The minimum atomic E-state index is -0.620. The van der Waals surface area contributed by atoms with Crippen LogP contribution in [0.25, 0.3) is 0 Å². The van der Waals surface area contributed by atoms with Crippen molar-refractivity contribution in [2.45, 2.75) is 25.2 Å². The molecule has 5 nitrogen and oxygen atoms in total. The van der Waals surface area contributed by atoms with Gasteiger partial charge in [-0.2, -0.15) is 0 Å². The Bertz CT molecular complexity index is 632. The average molecular weight is 321 g/mol. The van der Waals surface area contributed by atoms with E-state index in [2.05, 4.69) is 4.90 Å². The summed E-state index contributed by atoms with van der Waals surface area (Å²) < 4.78 is 29.2. The van der Waals surface area contributed by atoms with Crippen molar-refractivity contribution in [1.29, 1.82) is 0 Å². The van der Waals surface area contributed by atoms with Crippen LogP contribution in [0, 0.1) is 5.82 Å². The molecule has 2 atom stereocenters. The Balaban J connectivity index is 1.60. The van der Waals surface area contributed by atoms with Gasteiger partial charge in [0, 0.05) is 31.3 Å². The van der Waals surface area contributed by atoms with Crippen LogP contribution < -0.4 is 9.47 Å². The zero-order valence-electron chi connectivity index (χ0n) is 12.9. The fourth-order valence-electron chi connectivity index (χ4n) is 2.80. The number of nitrogens with zero attached hydrogens (tertiary/aromatic N) is 1. The zero-order chi connectivity index (χ0) is 16.2. The van der Waals surface area contributed by atoms with Crippen LogP contribution in [0.2, 0.25) is 0 Å². The molecule has 0 spiro atoms. The maximum atomic E-state index is 13.2. The van der Waals surface area contributed by atoms with Crippen molar-refractivity contribution < 1.29 is 23.4 Å². The first-order valence-corrected chi connectivity index (χ1v) is 7.57. The molecule has 1 saturated heterocycles. The first kappa shape index (κ1) is 15.8. The van der Waals surface area contributed by atoms with E-state index in [1.807, 2.05) is 6.07 Å². The third-order valence-electron chi connectivity index (χ3n) is 3.99. The number of furan rings is 1. The molecule has 0 saturated carbocycles. The molecular weight excluding hydrogens is 301 g/mol. The monoisotopic (exact) mass is 321 g/mol. The van der Waals surface area contributed by atoms with Crippen LogP contribution in [0.3, 0.4) is 0 Å². The van der Waals surface area contributed by atoms with E-state index in [-0.39, 0.29) is 11.9 Å². The van der Waals surface area contributed by atoms with E-state index < -0.39 is 6.10 Å². The van der Waals surface area contributed by atoms with Gasteiger partial charge in [-0.1, -0.05) is 0 Å². The number of aliphatic hydroxyl groups is 1. The second-order valence-electron chi connectivity index (χ2n) is 5.67. The second-order valence-corrected chi connectivity index (χ2v) is 5.67. The fraction of sp³-hybridized carbons (Fsp3) is 0.412. The fourth-order valence-corrected chi connectivity index (χ4v) is 2.80. The van der Waals surface area contributed by atoms with Crippen molar-refractivity contribution >= 4 is 0 Å². The standard InChI is InChI=1S/C17H20FNO4/c1-21-17-8-13(18)2-3-16(17)23-15-4-6-19(10-14(15)20)9-12-5-7-22-11-12/h2-3,5,7-8,11,14-15,20H,4,6,9-10H2,1H3/t14-,15-/m1/s1. The number of aliphatic hydroxyl groups excluding tert-OH is 1. The molecule has 0 aliphatic carbocycles. The van der Waals surface area contributed by atoms with E-state index in [1.54, 1.807) is 12.5 Å². The van der Waals surface area contributed by atoms with Crippen molar-refractivity contribution in [2.24, 2.45) is 0 Å². The van der Waals surface area contributed by atoms with Crippen LogP contribution >= 0.6 is 0 Å². The van der Waals surface area contributed by atoms with Gasteiger partial charge >= 0.3 is 0 Å². The lowest BCUT2D eigenvalue weighted by atomic mass is 10.0. The number of β-amino-alcohol motifs (C(OH)–C–C–N with tert-alkyl or cyclic N) is 1. The number of hydrogen-bond donors (Lipinski definition) is 1. The van der Waals surface area contributed by atoms with Crippen LogP contribution in [-0.4, -0.2) is 42.4 Å². The number of ether oxygens (including phenoxy) is 2. The van der Waals surface area contributed by atoms with Crippen molar-refractivity contribution in [3.8, 4) is 11.5 Å². The third kappa shape index (κ3) is 3.83. The van der Waals surface area contributed by atoms with Crippen molar-refractivity contribution in [1.82, 2.24) is 4.90 Å². The molecule has 1 fully saturated rings. The van der Waals surface area contributed by atoms with Gasteiger partial charge in [0.1, 0.15) is 18.0 Å². The van der Waals surface area contributed by atoms with E-state index in [9.17, 15) is 9.50 Å². The van der Waals surface area contributed by atoms with Gasteiger partial charge in [0.25, 0.3) is 0 Å². The molecule has 6 heteroatoms. The van der Waals surface area contributed by atoms with Crippen molar-refractivity contribution in [2.75, 3.05) is 20.2 Å². The molecule has 1 N–H and O–H groups in total. The van der Waals surface area contributed by atoms with Gasteiger partial charge in [-0.15, -0.1) is 0 Å². The lowest BCUT2D eigenvalue weighted by Crippen LogP contribution is -2.48. The predicted molar refractivity (Wildman–Crippen MR) is 82.0 cm³/mol. The van der Waals surface area contributed by atoms with Gasteiger partial charge in [0.15, 0.2) is 11.5 Å². The van der Waals surface area contributed by atoms with Gasteiger partial charge in [0.2, 0.25) is 0 Å². The van der Waals surface area contributed by atoms with Crippen LogP contribution in [0.5, 0.6) is 11.5 Å². The zero-order valence-corrected chi connectivity index (χ0v) is 12.9. The summed E-state index contributed by atoms with van der Waals surface area (Å²) in [4.78, 5) is 2.15. The molecule has 0 unspecified atom stereocenters. The first-order valence-electron chi connectivity index (χ1n) is 7.57. The second kappa shape index (κ2) is 7.02. The van der Waals surface area contributed by atoms with E-state index in [0.717, 1.165) is 18.7 Å². The van der Waals surface area contributed by atoms with E-state index in [4.69, 9.17) is 13.9 Å². The Morgan fingerprint density at radius 3 is 2.91 bits per heavy atom. The Morgan fingerprint density at radius 2 is 2.22 bits per heavy atom. The Hall–Kier alpha value is -2.05. The molecule has 124 valence electrons. The Labute approximate surface area is 134 Å². The highest BCUT2D eigenvalue weighted by atomic mass is 19.1. The highest BCUT2D eigenvalue weighted by molar-refractivity contribution is 5.40. The molecule has 1 aromatic carbocycles. The van der Waals surface area contributed by atoms with Crippen molar-refractivity contribution in [3.63, 3.8) is 0 Å². The normalized spacial score (nSPS) is 22.0. The molecular formula is C17H20FNO4. The number of hydrogen-bond acceptors (Lipinski definition) is 5. The summed E-state index contributed by atoms with van der Waals surface area (Å²) in [5.74, 6) is 0.393. The summed E-state index contributed by atoms with van der Waals surface area (Å²) in [6.07, 6.45) is 3.07. The highest BCUT2D eigenvalue weighted by Gasteiger charge is 2.30. The summed E-state index contributed by atoms with van der Waals surface area (Å²) in [5.41, 5.74) is 1.08. The quantitative estimate of drug-likeness (QED) is 0.917. The predicted octanol–water partition coefficient (Wildman–Crippen LogP) is 2.44. The number of benzene rings is 1. The molecule has 3 rings (SSSR count). The summed E-state index contributed by atoms with van der Waals surface area (Å²) >= 11 is 0. The van der Waals surface area contributed by atoms with Crippen LogP contribution in [-0.2, 0) is 6.54 Å². The molecule has 23 heavy (non-hydrogen) atoms. The van der Waals surface area contributed by atoms with Crippen molar-refractivity contribution in [3.05, 3.63) is 48.2 Å². The number of methoxy groups -OCH3 is 1. The smallest absolute Gasteiger partial charge is 0.163 e. The molecule has 0 amide bonds. The maximum absolute atomic E-state index is 13.2. The van der Waals surface area contributed by atoms with Gasteiger partial charge in [-0.25, -0.2) is 4.39 Å². The number of halogens is 1. The highest BCUT2D eigenvalue weighted by Crippen LogP contribution is 2.30. The van der Waals surface area contributed by atoms with Gasteiger partial charge < -0.3 is 19.0 Å². The molecule has 1 aromatic heterocycles. The number of likely N-dealkylation sites (tertiary alicyclic amines) is 1. The maximum Gasteiger partial charge on any atom is 0.163 e. The number of rotatable bonds is 5. The third-order valence-corrected chi connectivity index (χ3v) is 3.99. The lowest BCUT2D eigenvalue weighted by Gasteiger charge is -2.35. The molecule has 1 aliphatic heterocycles. The van der Waals surface area contributed by atoms with Crippen LogP contribution in [0.15, 0.2) is 41.2 Å². The SMILES string of the molecule is COc1cc(F)ccc1O[C@@H]1CCN(Cc2ccoc2)C[C@H]1O. The van der Waals surface area contributed by atoms with Gasteiger partial charge in [-0.05, 0) is 24.6 Å². The van der Waals surface area contributed by atoms with E-state index in [1.165, 1.54) is 25.3 Å². The minimum absolute atomic E-state index is 0.332. The average Bonchev–Trinajstić information content (AvgIpc) is 3.04. The molecule has 0 radical (unpaired) electrons. The lowest BCUT2D eigenvalue weighted by molar-refractivity contribution is -0.0283. The molecule has 1 aliphatic rings. The Morgan fingerprint density at radius 1 is 1.35 bits per heavy atom. The summed E-state index contributed by atoms with van der Waals surface area (Å²) in [6, 6.07) is 6.03.